The zero-order chi connectivity index (χ0) is 20.3. The van der Waals surface area contributed by atoms with Gasteiger partial charge in [0.2, 0.25) is 0 Å². The lowest BCUT2D eigenvalue weighted by atomic mass is 9.98. The van der Waals surface area contributed by atoms with Gasteiger partial charge in [-0.1, -0.05) is 0 Å². The molecule has 14 heteroatoms. The fourth-order valence-electron chi connectivity index (χ4n) is 3.12. The van der Waals surface area contributed by atoms with Crippen molar-refractivity contribution in [2.24, 2.45) is 10.9 Å². The van der Waals surface area contributed by atoms with Crippen molar-refractivity contribution in [1.82, 2.24) is 14.9 Å². The van der Waals surface area contributed by atoms with E-state index in [2.05, 4.69) is 15.6 Å². The summed E-state index contributed by atoms with van der Waals surface area (Å²) in [6, 6.07) is -0.216. The maximum Gasteiger partial charge on any atom is 0.511 e. The number of nitrogens with zero attached hydrogens (tertiary/aromatic N) is 2. The standard InChI is InChI=1S/C14H25F3N4O4S2.HI/c1-2-18-13(20-12-5-8-26(22,23)10-12)19-9-11-3-6-21(7-4-11)27(24,25)14(15,16)17;/h11-12H,2-10H2,1H3,(H2,18,19,20);1H. The summed E-state index contributed by atoms with van der Waals surface area (Å²) in [6.07, 6.45) is 1.08. The number of alkyl halides is 3. The van der Waals surface area contributed by atoms with E-state index in [-0.39, 0.29) is 73.4 Å². The van der Waals surface area contributed by atoms with Gasteiger partial charge < -0.3 is 10.6 Å². The van der Waals surface area contributed by atoms with Crippen molar-refractivity contribution in [1.29, 1.82) is 0 Å². The molecule has 0 saturated carbocycles. The number of piperidine rings is 1. The topological polar surface area (TPSA) is 108 Å². The van der Waals surface area contributed by atoms with Crippen molar-refractivity contribution in [3.8, 4) is 0 Å². The third kappa shape index (κ3) is 6.86. The molecule has 166 valence electrons. The second kappa shape index (κ2) is 10.1. The largest absolute Gasteiger partial charge is 0.511 e. The monoisotopic (exact) mass is 562 g/mol. The van der Waals surface area contributed by atoms with Crippen LogP contribution in [0.4, 0.5) is 13.2 Å². The zero-order valence-electron chi connectivity index (χ0n) is 15.4. The summed E-state index contributed by atoms with van der Waals surface area (Å²) in [6.45, 7) is 2.39. The van der Waals surface area contributed by atoms with Gasteiger partial charge in [0.05, 0.1) is 11.5 Å². The molecular weight excluding hydrogens is 536 g/mol. The zero-order valence-corrected chi connectivity index (χ0v) is 19.4. The lowest BCUT2D eigenvalue weighted by Crippen LogP contribution is -2.46. The molecule has 0 aromatic carbocycles. The third-order valence-electron chi connectivity index (χ3n) is 4.63. The van der Waals surface area contributed by atoms with Crippen LogP contribution in [-0.4, -0.2) is 76.3 Å². The third-order valence-corrected chi connectivity index (χ3v) is 8.03. The maximum atomic E-state index is 12.6. The molecule has 0 amide bonds. The molecule has 0 aromatic heterocycles. The van der Waals surface area contributed by atoms with Gasteiger partial charge in [-0.2, -0.15) is 17.5 Å². The van der Waals surface area contributed by atoms with Crippen molar-refractivity contribution in [3.05, 3.63) is 0 Å². The van der Waals surface area contributed by atoms with E-state index in [1.54, 1.807) is 0 Å². The van der Waals surface area contributed by atoms with Gasteiger partial charge in [0, 0.05) is 32.2 Å². The summed E-state index contributed by atoms with van der Waals surface area (Å²) in [7, 11) is -8.30. The minimum atomic E-state index is -5.28. The number of halogens is 4. The fourth-order valence-corrected chi connectivity index (χ4v) is 5.78. The number of sulfone groups is 1. The molecule has 2 aliphatic rings. The van der Waals surface area contributed by atoms with Crippen molar-refractivity contribution in [2.45, 2.75) is 37.7 Å². The molecule has 1 atom stereocenters. The van der Waals surface area contributed by atoms with E-state index in [0.29, 0.717) is 29.8 Å². The first kappa shape index (κ1) is 25.7. The molecule has 28 heavy (non-hydrogen) atoms. The number of sulfonamides is 1. The van der Waals surface area contributed by atoms with E-state index < -0.39 is 25.4 Å². The quantitative estimate of drug-likeness (QED) is 0.293. The molecule has 2 aliphatic heterocycles. The van der Waals surface area contributed by atoms with E-state index >= 15 is 0 Å². The first-order chi connectivity index (χ1) is 12.4. The second-order valence-corrected chi connectivity index (χ2v) is 10.9. The number of guanidine groups is 1. The van der Waals surface area contributed by atoms with Crippen molar-refractivity contribution < 1.29 is 30.0 Å². The Labute approximate surface area is 180 Å². The van der Waals surface area contributed by atoms with Crippen molar-refractivity contribution in [2.75, 3.05) is 37.7 Å². The van der Waals surface area contributed by atoms with Gasteiger partial charge in [-0.3, -0.25) is 4.99 Å². The van der Waals surface area contributed by atoms with Gasteiger partial charge in [0.25, 0.3) is 0 Å². The lowest BCUT2D eigenvalue weighted by Gasteiger charge is -2.31. The highest BCUT2D eigenvalue weighted by Crippen LogP contribution is 2.30. The van der Waals surface area contributed by atoms with E-state index in [0.717, 1.165) is 0 Å². The van der Waals surface area contributed by atoms with E-state index in [1.807, 2.05) is 6.92 Å². The smallest absolute Gasteiger partial charge is 0.357 e. The van der Waals surface area contributed by atoms with Crippen LogP contribution in [0.3, 0.4) is 0 Å². The summed E-state index contributed by atoms with van der Waals surface area (Å²) in [5.74, 6) is 0.610. The van der Waals surface area contributed by atoms with E-state index in [1.165, 1.54) is 0 Å². The van der Waals surface area contributed by atoms with Gasteiger partial charge >= 0.3 is 15.5 Å². The van der Waals surface area contributed by atoms with Crippen LogP contribution < -0.4 is 10.6 Å². The van der Waals surface area contributed by atoms with Crippen LogP contribution in [0.5, 0.6) is 0 Å². The van der Waals surface area contributed by atoms with Crippen LogP contribution in [0.1, 0.15) is 26.2 Å². The predicted octanol–water partition coefficient (Wildman–Crippen LogP) is 0.908. The summed E-state index contributed by atoms with van der Waals surface area (Å²) in [5, 5.41) is 6.09. The normalized spacial score (nSPS) is 24.6. The minimum absolute atomic E-state index is 0. The van der Waals surface area contributed by atoms with Crippen LogP contribution in [0.25, 0.3) is 0 Å². The molecule has 2 fully saturated rings. The molecule has 2 saturated heterocycles. The average Bonchev–Trinajstić information content (AvgIpc) is 2.91. The molecule has 2 rings (SSSR count). The fraction of sp³-hybridized carbons (Fsp3) is 0.929. The molecule has 0 radical (unpaired) electrons. The van der Waals surface area contributed by atoms with Crippen LogP contribution in [0.15, 0.2) is 4.99 Å². The first-order valence-electron chi connectivity index (χ1n) is 8.76. The summed E-state index contributed by atoms with van der Waals surface area (Å²) >= 11 is 0. The Morgan fingerprint density at radius 1 is 1.21 bits per heavy atom. The van der Waals surface area contributed by atoms with Crippen LogP contribution in [-0.2, 0) is 19.9 Å². The molecule has 2 heterocycles. The molecular formula is C14H26F3IN4O4S2. The van der Waals surface area contributed by atoms with Crippen LogP contribution in [0, 0.1) is 5.92 Å². The maximum absolute atomic E-state index is 12.6. The van der Waals surface area contributed by atoms with Crippen LogP contribution >= 0.6 is 24.0 Å². The molecule has 8 nitrogen and oxygen atoms in total. The highest BCUT2D eigenvalue weighted by atomic mass is 127. The lowest BCUT2D eigenvalue weighted by molar-refractivity contribution is -0.0496. The number of rotatable bonds is 5. The molecule has 0 spiro atoms. The number of hydrogen-bond acceptors (Lipinski definition) is 5. The van der Waals surface area contributed by atoms with Gasteiger partial charge in [0.15, 0.2) is 15.8 Å². The van der Waals surface area contributed by atoms with Gasteiger partial charge in [0.1, 0.15) is 0 Å². The Hall–Kier alpha value is -0.350. The molecule has 1 unspecified atom stereocenters. The average molecular weight is 562 g/mol. The van der Waals surface area contributed by atoms with E-state index in [4.69, 9.17) is 0 Å². The Bertz CT molecular complexity index is 751. The number of nitrogens with one attached hydrogen (secondary N) is 2. The van der Waals surface area contributed by atoms with Gasteiger partial charge in [-0.25, -0.2) is 16.8 Å². The summed E-state index contributed by atoms with van der Waals surface area (Å²) < 4.78 is 84.1. The first-order valence-corrected chi connectivity index (χ1v) is 12.0. The van der Waals surface area contributed by atoms with E-state index in [9.17, 15) is 30.0 Å². The number of aliphatic imine (C=N–C) groups is 1. The molecule has 2 N–H and O–H groups in total. The van der Waals surface area contributed by atoms with Crippen molar-refractivity contribution in [3.63, 3.8) is 0 Å². The second-order valence-electron chi connectivity index (χ2n) is 6.76. The molecule has 0 aromatic rings. The molecule has 0 aliphatic carbocycles. The Morgan fingerprint density at radius 2 is 1.82 bits per heavy atom. The minimum Gasteiger partial charge on any atom is -0.357 e. The Kier molecular flexibility index (Phi) is 9.27. The molecule has 0 bridgehead atoms. The number of hydrogen-bond donors (Lipinski definition) is 2. The predicted molar refractivity (Wildman–Crippen MR) is 111 cm³/mol. The van der Waals surface area contributed by atoms with Gasteiger partial charge in [-0.05, 0) is 32.1 Å². The van der Waals surface area contributed by atoms with Crippen LogP contribution in [0.2, 0.25) is 0 Å². The SMILES string of the molecule is CCNC(=NCC1CCN(S(=O)(=O)C(F)(F)F)CC1)NC1CCS(=O)(=O)C1.I. The van der Waals surface area contributed by atoms with Crippen molar-refractivity contribution >= 4 is 49.8 Å². The summed E-state index contributed by atoms with van der Waals surface area (Å²) in [5.41, 5.74) is -5.28. The Balaban J connectivity index is 0.00000392. The van der Waals surface area contributed by atoms with Gasteiger partial charge in [-0.15, -0.1) is 24.0 Å². The Morgan fingerprint density at radius 3 is 2.29 bits per heavy atom. The summed E-state index contributed by atoms with van der Waals surface area (Å²) in [4.78, 5) is 4.39. The highest BCUT2D eigenvalue weighted by Gasteiger charge is 2.50. The highest BCUT2D eigenvalue weighted by molar-refractivity contribution is 14.0.